The zero-order valence-electron chi connectivity index (χ0n) is 17.9. The average Bonchev–Trinajstić information content (AvgIpc) is 3.16. The fraction of sp³-hybridized carbons (Fsp3) is 0.0357. The van der Waals surface area contributed by atoms with Crippen molar-refractivity contribution in [2.75, 3.05) is 0 Å². The number of rotatable bonds is 5. The molecule has 0 aliphatic heterocycles. The van der Waals surface area contributed by atoms with Gasteiger partial charge in [0.15, 0.2) is 11.6 Å². The topological polar surface area (TPSA) is 43.6 Å². The molecule has 0 saturated carbocycles. The number of nitrogens with zero attached hydrogens (tertiary/aromatic N) is 4. The summed E-state index contributed by atoms with van der Waals surface area (Å²) < 4.78 is 2.11. The highest BCUT2D eigenvalue weighted by molar-refractivity contribution is 6.09. The predicted molar refractivity (Wildman–Crippen MR) is 133 cm³/mol. The maximum atomic E-state index is 4.91. The van der Waals surface area contributed by atoms with Crippen molar-refractivity contribution in [1.82, 2.24) is 19.5 Å². The summed E-state index contributed by atoms with van der Waals surface area (Å²) in [5.74, 6) is 1.74. The largest absolute Gasteiger partial charge is 0.278 e. The molecule has 0 unspecified atom stereocenters. The van der Waals surface area contributed by atoms with Gasteiger partial charge in [0.1, 0.15) is 0 Å². The number of aromatic nitrogens is 4. The van der Waals surface area contributed by atoms with Gasteiger partial charge in [0.2, 0.25) is 5.95 Å². The second-order valence-electron chi connectivity index (χ2n) is 7.58. The van der Waals surface area contributed by atoms with E-state index in [-0.39, 0.29) is 0 Å². The minimum Gasteiger partial charge on any atom is -0.278 e. The van der Waals surface area contributed by atoms with Gasteiger partial charge in [0.25, 0.3) is 0 Å². The second kappa shape index (κ2) is 8.08. The lowest BCUT2D eigenvalue weighted by molar-refractivity contribution is 0.932. The molecule has 3 aromatic carbocycles. The van der Waals surface area contributed by atoms with Gasteiger partial charge < -0.3 is 0 Å². The molecule has 5 aromatic rings. The molecule has 0 spiro atoms. The molecule has 4 nitrogen and oxygen atoms in total. The number of hydrogen-bond acceptors (Lipinski definition) is 3. The van der Waals surface area contributed by atoms with Crippen LogP contribution in [0.15, 0.2) is 104 Å². The van der Waals surface area contributed by atoms with Crippen LogP contribution in [0.25, 0.3) is 44.7 Å². The summed E-state index contributed by atoms with van der Waals surface area (Å²) in [6, 6.07) is 24.8. The molecule has 32 heavy (non-hydrogen) atoms. The first-order chi connectivity index (χ1) is 15.7. The number of para-hydroxylation sites is 1. The van der Waals surface area contributed by atoms with Crippen molar-refractivity contribution in [2.45, 2.75) is 6.92 Å². The van der Waals surface area contributed by atoms with Crippen LogP contribution >= 0.6 is 0 Å². The van der Waals surface area contributed by atoms with Crippen LogP contribution in [0.2, 0.25) is 0 Å². The van der Waals surface area contributed by atoms with Crippen LogP contribution in [0, 0.1) is 6.92 Å². The Labute approximate surface area is 186 Å². The maximum Gasteiger partial charge on any atom is 0.238 e. The van der Waals surface area contributed by atoms with Crippen molar-refractivity contribution < 1.29 is 0 Å². The van der Waals surface area contributed by atoms with E-state index in [4.69, 9.17) is 15.0 Å². The van der Waals surface area contributed by atoms with Crippen molar-refractivity contribution >= 4 is 27.4 Å². The summed E-state index contributed by atoms with van der Waals surface area (Å²) in [6.45, 7) is 9.85. The van der Waals surface area contributed by atoms with Gasteiger partial charge >= 0.3 is 0 Å². The number of allylic oxidation sites excluding steroid dienone is 4. The summed E-state index contributed by atoms with van der Waals surface area (Å²) in [5, 5.41) is 2.33. The first kappa shape index (κ1) is 19.6. The van der Waals surface area contributed by atoms with Crippen LogP contribution < -0.4 is 0 Å². The molecule has 0 fully saturated rings. The number of fused-ring (bicyclic) bond motifs is 3. The normalized spacial score (nSPS) is 11.7. The smallest absolute Gasteiger partial charge is 0.238 e. The third-order valence-corrected chi connectivity index (χ3v) is 5.46. The molecule has 0 saturated heterocycles. The Morgan fingerprint density at radius 1 is 0.812 bits per heavy atom. The van der Waals surface area contributed by atoms with Crippen LogP contribution in [0.5, 0.6) is 0 Å². The molecule has 0 aliphatic rings. The maximum absolute atomic E-state index is 4.91. The minimum atomic E-state index is 0.558. The Hall–Kier alpha value is -4.31. The van der Waals surface area contributed by atoms with E-state index in [1.807, 2.05) is 42.5 Å². The van der Waals surface area contributed by atoms with E-state index >= 15 is 0 Å². The summed E-state index contributed by atoms with van der Waals surface area (Å²) >= 11 is 0. The highest BCUT2D eigenvalue weighted by atomic mass is 15.2. The first-order valence-corrected chi connectivity index (χ1v) is 10.5. The molecule has 154 valence electrons. The SMILES string of the molecule is C=C/C=C(\C=C)c1nc(-c2ccccc2)nc(-n2c3ccccc3c3ccc(C)cc32)n1. The van der Waals surface area contributed by atoms with E-state index in [2.05, 4.69) is 61.0 Å². The van der Waals surface area contributed by atoms with Gasteiger partial charge in [0, 0.05) is 21.9 Å². The second-order valence-corrected chi connectivity index (χ2v) is 7.58. The molecule has 0 radical (unpaired) electrons. The van der Waals surface area contributed by atoms with Crippen LogP contribution in [0.3, 0.4) is 0 Å². The van der Waals surface area contributed by atoms with Gasteiger partial charge in [-0.15, -0.1) is 0 Å². The molecule has 0 N–H and O–H groups in total. The van der Waals surface area contributed by atoms with Crippen molar-refractivity contribution in [2.24, 2.45) is 0 Å². The Bertz CT molecular complexity index is 1510. The lowest BCUT2D eigenvalue weighted by atomic mass is 10.1. The molecule has 4 heteroatoms. The molecule has 0 bridgehead atoms. The Kier molecular flexibility index (Phi) is 4.96. The van der Waals surface area contributed by atoms with Crippen molar-refractivity contribution in [3.8, 4) is 17.3 Å². The Balaban J connectivity index is 1.88. The van der Waals surface area contributed by atoms with Gasteiger partial charge in [-0.25, -0.2) is 4.98 Å². The summed E-state index contributed by atoms with van der Waals surface area (Å²) in [4.78, 5) is 14.5. The number of aryl methyl sites for hydroxylation is 1. The summed E-state index contributed by atoms with van der Waals surface area (Å²) in [5.41, 5.74) is 5.01. The van der Waals surface area contributed by atoms with Gasteiger partial charge in [-0.3, -0.25) is 4.57 Å². The number of hydrogen-bond donors (Lipinski definition) is 0. The van der Waals surface area contributed by atoms with Crippen molar-refractivity contribution in [3.63, 3.8) is 0 Å². The summed E-state index contributed by atoms with van der Waals surface area (Å²) in [6.07, 6.45) is 5.31. The standard InChI is InChI=1S/C28H22N4/c1-4-11-20(5-2)26-29-27(21-12-7-6-8-13-21)31-28(30-26)32-24-15-10-9-14-22(24)23-17-16-19(3)18-25(23)32/h4-18H,1-2H2,3H3/b20-11+. The van der Waals surface area contributed by atoms with Crippen molar-refractivity contribution in [1.29, 1.82) is 0 Å². The lowest BCUT2D eigenvalue weighted by Crippen LogP contribution is -2.07. The molecular weight excluding hydrogens is 392 g/mol. The van der Waals surface area contributed by atoms with Gasteiger partial charge in [-0.05, 0) is 24.6 Å². The highest BCUT2D eigenvalue weighted by Gasteiger charge is 2.17. The van der Waals surface area contributed by atoms with Crippen molar-refractivity contribution in [3.05, 3.63) is 116 Å². The lowest BCUT2D eigenvalue weighted by Gasteiger charge is -2.11. The van der Waals surface area contributed by atoms with E-state index < -0.39 is 0 Å². The van der Waals surface area contributed by atoms with Crippen LogP contribution in [-0.2, 0) is 0 Å². The fourth-order valence-corrected chi connectivity index (χ4v) is 3.97. The van der Waals surface area contributed by atoms with Gasteiger partial charge in [-0.2, -0.15) is 9.97 Å². The highest BCUT2D eigenvalue weighted by Crippen LogP contribution is 2.32. The monoisotopic (exact) mass is 414 g/mol. The van der Waals surface area contributed by atoms with Crippen LogP contribution in [0.1, 0.15) is 11.4 Å². The van der Waals surface area contributed by atoms with E-state index in [9.17, 15) is 0 Å². The van der Waals surface area contributed by atoms with Crippen LogP contribution in [0.4, 0.5) is 0 Å². The minimum absolute atomic E-state index is 0.558. The molecule has 0 atom stereocenters. The third-order valence-electron chi connectivity index (χ3n) is 5.46. The van der Waals surface area contributed by atoms with E-state index in [1.165, 1.54) is 10.9 Å². The molecule has 0 aliphatic carbocycles. The fourth-order valence-electron chi connectivity index (χ4n) is 3.97. The third kappa shape index (κ3) is 3.32. The van der Waals surface area contributed by atoms with Gasteiger partial charge in [0.05, 0.1) is 11.0 Å². The quantitative estimate of drug-likeness (QED) is 0.301. The molecule has 0 amide bonds. The van der Waals surface area contributed by atoms with E-state index in [0.717, 1.165) is 27.6 Å². The van der Waals surface area contributed by atoms with Gasteiger partial charge in [-0.1, -0.05) is 92.0 Å². The zero-order chi connectivity index (χ0) is 22.1. The Morgan fingerprint density at radius 3 is 2.34 bits per heavy atom. The van der Waals surface area contributed by atoms with E-state index in [1.54, 1.807) is 12.2 Å². The number of benzene rings is 3. The zero-order valence-corrected chi connectivity index (χ0v) is 17.9. The molecule has 2 heterocycles. The molecular formula is C28H22N4. The predicted octanol–water partition coefficient (Wildman–Crippen LogP) is 6.70. The summed E-state index contributed by atoms with van der Waals surface area (Å²) in [7, 11) is 0. The molecule has 2 aromatic heterocycles. The Morgan fingerprint density at radius 2 is 1.56 bits per heavy atom. The first-order valence-electron chi connectivity index (χ1n) is 10.5. The van der Waals surface area contributed by atoms with Crippen LogP contribution in [-0.4, -0.2) is 19.5 Å². The molecule has 5 rings (SSSR count). The van der Waals surface area contributed by atoms with E-state index in [0.29, 0.717) is 17.6 Å². The average molecular weight is 415 g/mol.